The summed E-state index contributed by atoms with van der Waals surface area (Å²) in [6, 6.07) is 8.35. The van der Waals surface area contributed by atoms with E-state index in [4.69, 9.17) is 4.74 Å². The van der Waals surface area contributed by atoms with Crippen LogP contribution in [0.5, 0.6) is 0 Å². The van der Waals surface area contributed by atoms with E-state index in [1.165, 1.54) is 75.5 Å². The molecule has 2 bridgehead atoms. The fraction of sp³-hybridized carbons (Fsp3) is 0.791. The number of nitrogens with zero attached hydrogens (tertiary/aromatic N) is 1. The minimum atomic E-state index is -0.848. The van der Waals surface area contributed by atoms with Gasteiger partial charge in [0.25, 0.3) is 0 Å². The normalized spacial score (nSPS) is 46.1. The van der Waals surface area contributed by atoms with E-state index in [1.807, 2.05) is 0 Å². The van der Waals surface area contributed by atoms with E-state index in [2.05, 4.69) is 76.9 Å². The summed E-state index contributed by atoms with van der Waals surface area (Å²) in [5.74, 6) is 3.70. The van der Waals surface area contributed by atoms with Crippen molar-refractivity contribution in [3.63, 3.8) is 0 Å². The number of carbonyl (C=O) groups is 1. The molecular formula is C43H64N2O3. The summed E-state index contributed by atoms with van der Waals surface area (Å²) in [6.07, 6.45) is 16.4. The number of likely N-dealkylation sites (tertiary alicyclic amines) is 1. The maximum Gasteiger partial charge on any atom is 0.335 e. The molecule has 5 nitrogen and oxygen atoms in total. The zero-order chi connectivity index (χ0) is 33.9. The molecule has 1 aromatic carbocycles. The number of hydrogen-bond donors (Lipinski definition) is 2. The van der Waals surface area contributed by atoms with E-state index < -0.39 is 5.97 Å². The van der Waals surface area contributed by atoms with Crippen molar-refractivity contribution >= 4 is 11.5 Å². The second-order valence-electron chi connectivity index (χ2n) is 19.5. The van der Waals surface area contributed by atoms with Gasteiger partial charge >= 0.3 is 5.97 Å². The Morgan fingerprint density at radius 3 is 2.40 bits per heavy atom. The van der Waals surface area contributed by atoms with Crippen LogP contribution in [-0.2, 0) is 4.74 Å². The van der Waals surface area contributed by atoms with Crippen LogP contribution in [0, 0.1) is 57.2 Å². The van der Waals surface area contributed by atoms with Gasteiger partial charge in [-0.2, -0.15) is 0 Å². The first-order valence-corrected chi connectivity index (χ1v) is 19.9. The number of carboxylic acids is 1. The Morgan fingerprint density at radius 2 is 1.73 bits per heavy atom. The molecule has 5 aliphatic carbocycles. The van der Waals surface area contributed by atoms with Gasteiger partial charge < -0.3 is 15.2 Å². The lowest BCUT2D eigenvalue weighted by atomic mass is 9.33. The molecule has 11 atom stereocenters. The lowest BCUT2D eigenvalue weighted by Crippen LogP contribution is -2.68. The molecule has 2 N–H and O–H groups in total. The Morgan fingerprint density at radius 1 is 0.958 bits per heavy atom. The third-order valence-corrected chi connectivity index (χ3v) is 17.3. The number of ether oxygens (including phenoxy) is 1. The van der Waals surface area contributed by atoms with Crippen molar-refractivity contribution in [2.75, 3.05) is 26.2 Å². The smallest absolute Gasteiger partial charge is 0.335 e. The van der Waals surface area contributed by atoms with E-state index >= 15 is 0 Å². The highest BCUT2D eigenvalue weighted by molar-refractivity contribution is 5.88. The van der Waals surface area contributed by atoms with Gasteiger partial charge in [0.2, 0.25) is 0 Å². The number of rotatable bonds is 7. The highest BCUT2D eigenvalue weighted by Gasteiger charge is 2.70. The molecule has 5 heteroatoms. The summed E-state index contributed by atoms with van der Waals surface area (Å²) < 4.78 is 5.91. The maximum atomic E-state index is 11.6. The molecule has 0 amide bonds. The topological polar surface area (TPSA) is 61.8 Å². The average Bonchev–Trinajstić information content (AvgIpc) is 3.76. The van der Waals surface area contributed by atoms with Gasteiger partial charge in [-0.05, 0) is 145 Å². The summed E-state index contributed by atoms with van der Waals surface area (Å²) in [7, 11) is 0. The van der Waals surface area contributed by atoms with Crippen molar-refractivity contribution in [3.8, 4) is 0 Å². The fourth-order valence-corrected chi connectivity index (χ4v) is 14.8. The number of aromatic carboxylic acids is 1. The maximum absolute atomic E-state index is 11.6. The molecule has 2 heterocycles. The molecule has 2 aliphatic heterocycles. The van der Waals surface area contributed by atoms with E-state index in [0.29, 0.717) is 40.0 Å². The summed E-state index contributed by atoms with van der Waals surface area (Å²) in [4.78, 5) is 14.3. The van der Waals surface area contributed by atoms with Gasteiger partial charge in [0.1, 0.15) is 0 Å². The first-order chi connectivity index (χ1) is 22.7. The number of fused-ring (bicyclic) bond motifs is 9. The molecule has 6 fully saturated rings. The number of nitrogens with one attached hydrogen (secondary N) is 1. The number of morpholine rings is 1. The quantitative estimate of drug-likeness (QED) is 0.307. The molecule has 4 saturated carbocycles. The Hall–Kier alpha value is -1.69. The van der Waals surface area contributed by atoms with Crippen LogP contribution in [0.15, 0.2) is 30.3 Å². The first-order valence-electron chi connectivity index (χ1n) is 19.9. The molecular weight excluding hydrogens is 592 g/mol. The number of hydrogen-bond acceptors (Lipinski definition) is 4. The standard InChI is InChI=1S/C43H64N2O3/c1-27(2)32-14-19-43(44-22-23-45-25-31-24-30(45)26-48-31)21-20-41(6)34(37(32)43)12-13-36-40(5)17-15-33(28-8-10-29(11-9-28)38(46)47)39(3,4)35(40)16-18-42(36,41)7/h8-11,15,27,30-32,34-37,44H,12-14,16-26H2,1-7H3,(H,46,47)/t30-,31+,32+,34-,35+,36-,37-,40+,41-,42-,43+/m1/s1. The molecule has 2 saturated heterocycles. The summed E-state index contributed by atoms with van der Waals surface area (Å²) in [6.45, 7) is 22.7. The van der Waals surface area contributed by atoms with Crippen LogP contribution in [-0.4, -0.2) is 59.9 Å². The zero-order valence-corrected chi connectivity index (χ0v) is 31.1. The van der Waals surface area contributed by atoms with Crippen molar-refractivity contribution < 1.29 is 14.6 Å². The number of carboxylic acid groups (broad SMARTS) is 1. The van der Waals surface area contributed by atoms with Crippen LogP contribution < -0.4 is 5.32 Å². The Bertz CT molecular complexity index is 1450. The van der Waals surface area contributed by atoms with Crippen molar-refractivity contribution in [3.05, 3.63) is 41.5 Å². The molecule has 0 radical (unpaired) electrons. The highest BCUT2D eigenvalue weighted by Crippen LogP contribution is 2.76. The van der Waals surface area contributed by atoms with Crippen LogP contribution in [0.4, 0.5) is 0 Å². The monoisotopic (exact) mass is 656 g/mol. The van der Waals surface area contributed by atoms with Crippen molar-refractivity contribution in [1.29, 1.82) is 0 Å². The zero-order valence-electron chi connectivity index (χ0n) is 31.1. The first kappa shape index (κ1) is 33.5. The van der Waals surface area contributed by atoms with Gasteiger partial charge in [0.15, 0.2) is 0 Å². The van der Waals surface area contributed by atoms with Crippen LogP contribution in [0.25, 0.3) is 5.57 Å². The summed E-state index contributed by atoms with van der Waals surface area (Å²) >= 11 is 0. The van der Waals surface area contributed by atoms with Crippen molar-refractivity contribution in [1.82, 2.24) is 10.2 Å². The fourth-order valence-electron chi connectivity index (χ4n) is 14.8. The van der Waals surface area contributed by atoms with Gasteiger partial charge in [-0.3, -0.25) is 4.90 Å². The molecule has 48 heavy (non-hydrogen) atoms. The van der Waals surface area contributed by atoms with Gasteiger partial charge in [-0.1, -0.05) is 66.7 Å². The third kappa shape index (κ3) is 4.68. The largest absolute Gasteiger partial charge is 0.478 e. The average molecular weight is 657 g/mol. The van der Waals surface area contributed by atoms with Crippen LogP contribution in [0.2, 0.25) is 0 Å². The van der Waals surface area contributed by atoms with Gasteiger partial charge in [0.05, 0.1) is 18.3 Å². The Kier molecular flexibility index (Phi) is 7.95. The number of benzene rings is 1. The highest BCUT2D eigenvalue weighted by atomic mass is 16.5. The van der Waals surface area contributed by atoms with Gasteiger partial charge in [0, 0.05) is 31.2 Å². The summed E-state index contributed by atoms with van der Waals surface area (Å²) in [5.41, 5.74) is 4.40. The Labute approximate surface area is 291 Å². The number of allylic oxidation sites excluding steroid dienone is 2. The molecule has 0 unspecified atom stereocenters. The van der Waals surface area contributed by atoms with Crippen molar-refractivity contribution in [2.45, 2.75) is 130 Å². The molecule has 0 aromatic heterocycles. The lowest BCUT2D eigenvalue weighted by molar-refractivity contribution is -0.221. The SMILES string of the molecule is CC(C)[C@@H]1CC[C@]2(NCCN3C[C@@H]4C[C@@H]3CO4)CC[C@]3(C)[C@H](CC[C@@H]4[C@@]5(C)CC=C(c6ccc(C(=O)O)cc6)C(C)(C)[C@@H]5CC[C@]43C)[C@@H]12. The predicted octanol–water partition coefficient (Wildman–Crippen LogP) is 8.93. The van der Waals surface area contributed by atoms with Crippen molar-refractivity contribution in [2.24, 2.45) is 57.2 Å². The lowest BCUT2D eigenvalue weighted by Gasteiger charge is -2.72. The van der Waals surface area contributed by atoms with Gasteiger partial charge in [-0.15, -0.1) is 0 Å². The van der Waals surface area contributed by atoms with Crippen LogP contribution in [0.3, 0.4) is 0 Å². The van der Waals surface area contributed by atoms with Gasteiger partial charge in [-0.25, -0.2) is 4.79 Å². The molecule has 264 valence electrons. The van der Waals surface area contributed by atoms with E-state index in [-0.39, 0.29) is 10.8 Å². The minimum absolute atomic E-state index is 0.0532. The van der Waals surface area contributed by atoms with Crippen LogP contribution >= 0.6 is 0 Å². The minimum Gasteiger partial charge on any atom is -0.478 e. The predicted molar refractivity (Wildman–Crippen MR) is 194 cm³/mol. The Balaban J connectivity index is 1.06. The second-order valence-corrected chi connectivity index (χ2v) is 19.5. The van der Waals surface area contributed by atoms with Crippen LogP contribution in [0.1, 0.15) is 129 Å². The molecule has 7 aliphatic rings. The summed E-state index contributed by atoms with van der Waals surface area (Å²) in [5, 5.41) is 13.9. The van der Waals surface area contributed by atoms with E-state index in [0.717, 1.165) is 55.7 Å². The molecule has 0 spiro atoms. The molecule has 1 aromatic rings. The van der Waals surface area contributed by atoms with E-state index in [9.17, 15) is 9.90 Å². The molecule has 8 rings (SSSR count). The second kappa shape index (κ2) is 11.4. The van der Waals surface area contributed by atoms with E-state index in [1.54, 1.807) is 12.1 Å². The third-order valence-electron chi connectivity index (χ3n) is 17.3.